The van der Waals surface area contributed by atoms with Gasteiger partial charge in [0.15, 0.2) is 23.0 Å². The van der Waals surface area contributed by atoms with Crippen LogP contribution >= 0.6 is 15.9 Å². The molecule has 0 fully saturated rings. The lowest BCUT2D eigenvalue weighted by Gasteiger charge is -2.26. The van der Waals surface area contributed by atoms with Crippen molar-refractivity contribution in [3.05, 3.63) is 69.6 Å². The molecule has 1 amide bonds. The second-order valence-electron chi connectivity index (χ2n) is 7.21. The van der Waals surface area contributed by atoms with Gasteiger partial charge >= 0.3 is 0 Å². The number of halogens is 1. The minimum absolute atomic E-state index is 0.0104. The molecule has 1 unspecified atom stereocenters. The third kappa shape index (κ3) is 3.74. The largest absolute Gasteiger partial charge is 0.504 e. The van der Waals surface area contributed by atoms with E-state index in [2.05, 4.69) is 15.9 Å². The Bertz CT molecular complexity index is 1250. The van der Waals surface area contributed by atoms with Crippen LogP contribution in [-0.2, 0) is 9.53 Å². The number of hydrogen-bond donors (Lipinski definition) is 2. The summed E-state index contributed by atoms with van der Waals surface area (Å²) >= 11 is 3.38. The zero-order chi connectivity index (χ0) is 23.0. The molecule has 0 radical (unpaired) electrons. The number of amides is 1. The molecule has 32 heavy (non-hydrogen) atoms. The Morgan fingerprint density at radius 2 is 1.94 bits per heavy atom. The van der Waals surface area contributed by atoms with Gasteiger partial charge in [0.25, 0.3) is 5.91 Å². The van der Waals surface area contributed by atoms with Crippen molar-refractivity contribution >= 4 is 38.6 Å². The number of rotatable bonds is 7. The fourth-order valence-electron chi connectivity index (χ4n) is 3.79. The number of aromatic hydroxyl groups is 1. The third-order valence-electron chi connectivity index (χ3n) is 5.31. The molecule has 4 rings (SSSR count). The van der Waals surface area contributed by atoms with E-state index in [0.29, 0.717) is 16.5 Å². The first-order chi connectivity index (χ1) is 15.3. The maximum absolute atomic E-state index is 13.4. The monoisotopic (exact) mass is 501 g/mol. The second kappa shape index (κ2) is 8.68. The minimum Gasteiger partial charge on any atom is -0.504 e. The van der Waals surface area contributed by atoms with E-state index < -0.39 is 23.5 Å². The molecule has 0 saturated heterocycles. The number of phenolic OH excluding ortho intramolecular Hbond substituents is 1. The number of aliphatic hydroxyl groups excluding tert-OH is 1. The molecule has 2 N–H and O–H groups in total. The molecular weight excluding hydrogens is 482 g/mol. The van der Waals surface area contributed by atoms with Crippen molar-refractivity contribution in [2.75, 3.05) is 27.4 Å². The van der Waals surface area contributed by atoms with Gasteiger partial charge in [-0.1, -0.05) is 22.0 Å². The summed E-state index contributed by atoms with van der Waals surface area (Å²) < 4.78 is 16.7. The van der Waals surface area contributed by atoms with Crippen LogP contribution in [0.4, 0.5) is 0 Å². The Balaban J connectivity index is 1.81. The average molecular weight is 502 g/mol. The van der Waals surface area contributed by atoms with Gasteiger partial charge in [0.05, 0.1) is 25.3 Å². The zero-order valence-electron chi connectivity index (χ0n) is 17.3. The predicted octanol–water partition coefficient (Wildman–Crippen LogP) is 4.13. The van der Waals surface area contributed by atoms with Gasteiger partial charge in [-0.05, 0) is 42.0 Å². The fraction of sp³-hybridized carbons (Fsp3) is 0.217. The first kappa shape index (κ1) is 21.9. The number of carbonyl (C=O) groups is 2. The molecule has 0 saturated carbocycles. The number of methoxy groups -OCH3 is 2. The average Bonchev–Trinajstić information content (AvgIpc) is 3.30. The highest BCUT2D eigenvalue weighted by molar-refractivity contribution is 9.10. The van der Waals surface area contributed by atoms with Crippen LogP contribution in [0, 0.1) is 0 Å². The highest BCUT2D eigenvalue weighted by atomic mass is 79.9. The number of hydrogen-bond acceptors (Lipinski definition) is 7. The summed E-state index contributed by atoms with van der Waals surface area (Å²) in [6, 6.07) is 10.5. The molecule has 0 spiro atoms. The zero-order valence-corrected chi connectivity index (χ0v) is 18.9. The van der Waals surface area contributed by atoms with Gasteiger partial charge in [-0.3, -0.25) is 9.59 Å². The van der Waals surface area contributed by atoms with Crippen LogP contribution in [0.15, 0.2) is 62.7 Å². The fourth-order valence-corrected chi connectivity index (χ4v) is 4.17. The highest BCUT2D eigenvalue weighted by Gasteiger charge is 2.44. The number of furan rings is 1. The second-order valence-corrected chi connectivity index (χ2v) is 8.13. The molecule has 1 aliphatic rings. The molecule has 166 valence electrons. The maximum Gasteiger partial charge on any atom is 0.290 e. The summed E-state index contributed by atoms with van der Waals surface area (Å²) in [6.07, 6.45) is 0. The molecule has 1 atom stereocenters. The van der Waals surface area contributed by atoms with Crippen LogP contribution in [0.2, 0.25) is 0 Å². The topological polar surface area (TPSA) is 109 Å². The van der Waals surface area contributed by atoms with E-state index in [1.807, 2.05) is 0 Å². The van der Waals surface area contributed by atoms with Crippen LogP contribution in [-0.4, -0.2) is 54.2 Å². The van der Waals surface area contributed by atoms with Crippen molar-refractivity contribution in [3.63, 3.8) is 0 Å². The molecule has 9 heteroatoms. The SMILES string of the molecule is COCCN1C(=O)C(O)=C(C(=O)c2cc3cc(Br)ccc3o2)C1c1ccc(OC)c(O)c1. The number of Topliss-reactive ketones (excluding diaryl/α,β-unsaturated/α-hetero) is 1. The minimum atomic E-state index is -0.943. The number of fused-ring (bicyclic) bond motifs is 1. The number of ketones is 1. The Morgan fingerprint density at radius 3 is 2.62 bits per heavy atom. The summed E-state index contributed by atoms with van der Waals surface area (Å²) in [7, 11) is 2.90. The van der Waals surface area contributed by atoms with Gasteiger partial charge in [-0.15, -0.1) is 0 Å². The van der Waals surface area contributed by atoms with Crippen molar-refractivity contribution in [1.29, 1.82) is 0 Å². The van der Waals surface area contributed by atoms with Crippen LogP contribution in [0.3, 0.4) is 0 Å². The highest BCUT2D eigenvalue weighted by Crippen LogP contribution is 2.41. The van der Waals surface area contributed by atoms with Crippen molar-refractivity contribution in [1.82, 2.24) is 4.90 Å². The van der Waals surface area contributed by atoms with Crippen molar-refractivity contribution in [2.45, 2.75) is 6.04 Å². The lowest BCUT2D eigenvalue weighted by atomic mass is 9.94. The van der Waals surface area contributed by atoms with Crippen LogP contribution in [0.25, 0.3) is 11.0 Å². The smallest absolute Gasteiger partial charge is 0.290 e. The molecule has 0 aliphatic carbocycles. The van der Waals surface area contributed by atoms with Crippen LogP contribution in [0.5, 0.6) is 11.5 Å². The molecule has 1 aliphatic heterocycles. The summed E-state index contributed by atoms with van der Waals surface area (Å²) in [6.45, 7) is 0.318. The van der Waals surface area contributed by atoms with Gasteiger partial charge in [0, 0.05) is 23.5 Å². The Labute approximate surface area is 191 Å². The number of benzene rings is 2. The summed E-state index contributed by atoms with van der Waals surface area (Å²) in [5.41, 5.74) is 0.795. The number of nitrogens with zero attached hydrogens (tertiary/aromatic N) is 1. The molecule has 2 aromatic carbocycles. The summed E-state index contributed by atoms with van der Waals surface area (Å²) in [5.74, 6) is -1.91. The molecule has 0 bridgehead atoms. The van der Waals surface area contributed by atoms with Gasteiger partial charge in [0.1, 0.15) is 5.58 Å². The third-order valence-corrected chi connectivity index (χ3v) is 5.80. The first-order valence-corrected chi connectivity index (χ1v) is 10.5. The molecule has 8 nitrogen and oxygen atoms in total. The number of carbonyl (C=O) groups excluding carboxylic acids is 2. The Hall–Kier alpha value is -3.30. The molecular formula is C23H20BrNO7. The molecule has 3 aromatic rings. The lowest BCUT2D eigenvalue weighted by Crippen LogP contribution is -2.34. The van der Waals surface area contributed by atoms with E-state index in [4.69, 9.17) is 13.9 Å². The van der Waals surface area contributed by atoms with Crippen molar-refractivity contribution in [2.24, 2.45) is 0 Å². The van der Waals surface area contributed by atoms with E-state index in [1.165, 1.54) is 31.3 Å². The Kier molecular flexibility index (Phi) is 5.94. The van der Waals surface area contributed by atoms with Gasteiger partial charge in [-0.25, -0.2) is 0 Å². The quantitative estimate of drug-likeness (QED) is 0.468. The van der Waals surface area contributed by atoms with E-state index in [1.54, 1.807) is 30.3 Å². The van der Waals surface area contributed by atoms with E-state index in [0.717, 1.165) is 4.47 Å². The van der Waals surface area contributed by atoms with Crippen LogP contribution in [0.1, 0.15) is 22.2 Å². The number of phenols is 1. The summed E-state index contributed by atoms with van der Waals surface area (Å²) in [4.78, 5) is 27.6. The number of aliphatic hydroxyl groups is 1. The summed E-state index contributed by atoms with van der Waals surface area (Å²) in [5, 5.41) is 21.6. The van der Waals surface area contributed by atoms with E-state index in [-0.39, 0.29) is 36.0 Å². The van der Waals surface area contributed by atoms with Gasteiger partial charge in [-0.2, -0.15) is 0 Å². The van der Waals surface area contributed by atoms with E-state index in [9.17, 15) is 19.8 Å². The van der Waals surface area contributed by atoms with Crippen molar-refractivity contribution in [3.8, 4) is 11.5 Å². The van der Waals surface area contributed by atoms with E-state index >= 15 is 0 Å². The number of ether oxygens (including phenoxy) is 2. The molecule has 2 heterocycles. The normalized spacial score (nSPS) is 16.3. The maximum atomic E-state index is 13.4. The lowest BCUT2D eigenvalue weighted by molar-refractivity contribution is -0.130. The van der Waals surface area contributed by atoms with Crippen LogP contribution < -0.4 is 4.74 Å². The van der Waals surface area contributed by atoms with Gasteiger partial charge < -0.3 is 29.0 Å². The predicted molar refractivity (Wildman–Crippen MR) is 119 cm³/mol. The first-order valence-electron chi connectivity index (χ1n) is 9.69. The van der Waals surface area contributed by atoms with Gasteiger partial charge in [0.2, 0.25) is 5.78 Å². The molecule has 1 aromatic heterocycles. The Morgan fingerprint density at radius 1 is 1.16 bits per heavy atom. The standard InChI is InChI=1S/C23H20BrNO7/c1-30-8-7-25-20(12-3-5-17(31-2)15(26)10-12)19(22(28)23(25)29)21(27)18-11-13-9-14(24)4-6-16(13)32-18/h3-6,9-11,20,26,28H,7-8H2,1-2H3. The van der Waals surface area contributed by atoms with Crippen molar-refractivity contribution < 1.29 is 33.7 Å².